The molecule has 0 atom stereocenters. The van der Waals surface area contributed by atoms with Crippen LogP contribution in [0.4, 0.5) is 0 Å². The molecule has 3 nitrogen and oxygen atoms in total. The average molecular weight is 150 g/mol. The van der Waals surface area contributed by atoms with E-state index in [9.17, 15) is 4.79 Å². The number of carbonyl (C=O) groups excluding carboxylic acids is 1. The molecule has 11 heavy (non-hydrogen) atoms. The minimum atomic E-state index is -0.291. The van der Waals surface area contributed by atoms with E-state index in [1.165, 1.54) is 0 Å². The average Bonchev–Trinajstić information content (AvgIpc) is 2.07. The van der Waals surface area contributed by atoms with E-state index in [2.05, 4.69) is 17.4 Å². The molecule has 1 rings (SSSR count). The van der Waals surface area contributed by atoms with E-state index in [1.54, 1.807) is 24.3 Å². The van der Waals surface area contributed by atoms with Gasteiger partial charge in [-0.1, -0.05) is 18.2 Å². The van der Waals surface area contributed by atoms with Crippen molar-refractivity contribution in [3.8, 4) is 0 Å². The van der Waals surface area contributed by atoms with Gasteiger partial charge in [0, 0.05) is 5.56 Å². The van der Waals surface area contributed by atoms with Crippen molar-refractivity contribution in [2.24, 2.45) is 0 Å². The van der Waals surface area contributed by atoms with Crippen molar-refractivity contribution in [3.05, 3.63) is 43.0 Å². The molecule has 0 saturated heterocycles. The van der Waals surface area contributed by atoms with Crippen molar-refractivity contribution in [2.75, 3.05) is 0 Å². The van der Waals surface area contributed by atoms with Gasteiger partial charge in [0.1, 0.15) is 7.11 Å². The Morgan fingerprint density at radius 1 is 1.36 bits per heavy atom. The maximum Gasteiger partial charge on any atom is 0.274 e. The summed E-state index contributed by atoms with van der Waals surface area (Å²) in [5.74, 6) is -0.291. The molecule has 1 radical (unpaired) electrons. The molecular formula is C8H8NO2. The Balaban J connectivity index is 2.69. The first-order chi connectivity index (χ1) is 5.34. The van der Waals surface area contributed by atoms with Gasteiger partial charge in [-0.25, -0.2) is 5.48 Å². The van der Waals surface area contributed by atoms with Gasteiger partial charge in [0.15, 0.2) is 0 Å². The van der Waals surface area contributed by atoms with Crippen LogP contribution < -0.4 is 5.48 Å². The van der Waals surface area contributed by atoms with Gasteiger partial charge in [-0.3, -0.25) is 9.63 Å². The number of rotatable bonds is 2. The third kappa shape index (κ3) is 2.05. The molecule has 0 bridgehead atoms. The van der Waals surface area contributed by atoms with Gasteiger partial charge in [-0.15, -0.1) is 0 Å². The van der Waals surface area contributed by atoms with E-state index in [-0.39, 0.29) is 5.91 Å². The SMILES string of the molecule is [CH2]ONC(=O)c1ccccc1. The van der Waals surface area contributed by atoms with Gasteiger partial charge >= 0.3 is 0 Å². The second-order valence-corrected chi connectivity index (χ2v) is 1.94. The van der Waals surface area contributed by atoms with Crippen LogP contribution in [0.1, 0.15) is 10.4 Å². The van der Waals surface area contributed by atoms with Crippen LogP contribution in [-0.4, -0.2) is 5.91 Å². The first-order valence-electron chi connectivity index (χ1n) is 3.11. The molecule has 3 heteroatoms. The molecule has 0 unspecified atom stereocenters. The summed E-state index contributed by atoms with van der Waals surface area (Å²) in [5.41, 5.74) is 2.66. The third-order valence-electron chi connectivity index (χ3n) is 1.20. The summed E-state index contributed by atoms with van der Waals surface area (Å²) in [7, 11) is 3.02. The fourth-order valence-electron chi connectivity index (χ4n) is 0.714. The predicted octanol–water partition coefficient (Wildman–Crippen LogP) is 1.14. The van der Waals surface area contributed by atoms with E-state index in [0.29, 0.717) is 5.56 Å². The first kappa shape index (κ1) is 7.75. The smallest absolute Gasteiger partial charge is 0.271 e. The molecular weight excluding hydrogens is 142 g/mol. The quantitative estimate of drug-likeness (QED) is 0.642. The lowest BCUT2D eigenvalue weighted by Gasteiger charge is -1.99. The van der Waals surface area contributed by atoms with E-state index < -0.39 is 0 Å². The van der Waals surface area contributed by atoms with E-state index in [0.717, 1.165) is 0 Å². The van der Waals surface area contributed by atoms with E-state index in [1.807, 2.05) is 6.07 Å². The zero-order valence-corrected chi connectivity index (χ0v) is 5.91. The normalized spacial score (nSPS) is 9.18. The molecule has 1 N–H and O–H groups in total. The van der Waals surface area contributed by atoms with Gasteiger partial charge < -0.3 is 0 Å². The monoisotopic (exact) mass is 150 g/mol. The van der Waals surface area contributed by atoms with Crippen LogP contribution in [0.2, 0.25) is 0 Å². The summed E-state index contributed by atoms with van der Waals surface area (Å²) in [6, 6.07) is 8.76. The Morgan fingerprint density at radius 3 is 2.55 bits per heavy atom. The van der Waals surface area contributed by atoms with Crippen LogP contribution in [0.15, 0.2) is 30.3 Å². The zero-order valence-electron chi connectivity index (χ0n) is 5.91. The fourth-order valence-corrected chi connectivity index (χ4v) is 0.714. The lowest BCUT2D eigenvalue weighted by Crippen LogP contribution is -2.20. The Morgan fingerprint density at radius 2 is 2.00 bits per heavy atom. The lowest BCUT2D eigenvalue weighted by molar-refractivity contribution is 0.0640. The predicted molar refractivity (Wildman–Crippen MR) is 40.4 cm³/mol. The molecule has 1 aromatic carbocycles. The maximum atomic E-state index is 11.0. The van der Waals surface area contributed by atoms with E-state index >= 15 is 0 Å². The Kier molecular flexibility index (Phi) is 2.63. The summed E-state index contributed by atoms with van der Waals surface area (Å²) in [6.45, 7) is 0. The van der Waals surface area contributed by atoms with Gasteiger partial charge in [0.05, 0.1) is 0 Å². The largest absolute Gasteiger partial charge is 0.274 e. The Hall–Kier alpha value is -1.35. The zero-order chi connectivity index (χ0) is 8.10. The van der Waals surface area contributed by atoms with Crippen LogP contribution in [0.3, 0.4) is 0 Å². The number of hydroxylamine groups is 1. The number of benzene rings is 1. The van der Waals surface area contributed by atoms with Crippen LogP contribution in [-0.2, 0) is 4.84 Å². The Bertz CT molecular complexity index is 233. The Labute approximate surface area is 64.9 Å². The number of hydrogen-bond donors (Lipinski definition) is 1. The molecule has 0 aliphatic heterocycles. The van der Waals surface area contributed by atoms with Gasteiger partial charge in [0.2, 0.25) is 0 Å². The molecule has 0 aliphatic carbocycles. The molecule has 0 saturated carbocycles. The van der Waals surface area contributed by atoms with Gasteiger partial charge in [-0.05, 0) is 12.1 Å². The summed E-state index contributed by atoms with van der Waals surface area (Å²) >= 11 is 0. The summed E-state index contributed by atoms with van der Waals surface area (Å²) < 4.78 is 0. The van der Waals surface area contributed by atoms with Crippen molar-refractivity contribution in [2.45, 2.75) is 0 Å². The minimum absolute atomic E-state index is 0.291. The minimum Gasteiger partial charge on any atom is -0.271 e. The fraction of sp³-hybridized carbons (Fsp3) is 0. The topological polar surface area (TPSA) is 38.3 Å². The van der Waals surface area contributed by atoms with Crippen molar-refractivity contribution < 1.29 is 9.63 Å². The van der Waals surface area contributed by atoms with Crippen molar-refractivity contribution in [1.82, 2.24) is 5.48 Å². The number of nitrogens with one attached hydrogen (secondary N) is 1. The standard InChI is InChI=1S/C8H8NO2/c1-11-9-8(10)7-5-3-2-4-6-7/h2-6H,1H2,(H,9,10). The summed E-state index contributed by atoms with van der Waals surface area (Å²) in [5, 5.41) is 0. The maximum absolute atomic E-state index is 11.0. The molecule has 0 aromatic heterocycles. The van der Waals surface area contributed by atoms with Gasteiger partial charge in [-0.2, -0.15) is 0 Å². The van der Waals surface area contributed by atoms with Crippen molar-refractivity contribution >= 4 is 5.91 Å². The molecule has 0 fully saturated rings. The van der Waals surface area contributed by atoms with Crippen molar-refractivity contribution in [1.29, 1.82) is 0 Å². The van der Waals surface area contributed by atoms with Crippen LogP contribution in [0.5, 0.6) is 0 Å². The molecule has 1 aromatic rings. The second-order valence-electron chi connectivity index (χ2n) is 1.94. The van der Waals surface area contributed by atoms with Crippen LogP contribution >= 0.6 is 0 Å². The number of amides is 1. The molecule has 1 amide bonds. The van der Waals surface area contributed by atoms with E-state index in [4.69, 9.17) is 0 Å². The van der Waals surface area contributed by atoms with Gasteiger partial charge in [0.25, 0.3) is 5.91 Å². The second kappa shape index (κ2) is 3.73. The molecule has 57 valence electrons. The highest BCUT2D eigenvalue weighted by Gasteiger charge is 2.00. The summed E-state index contributed by atoms with van der Waals surface area (Å²) in [4.78, 5) is 15.2. The number of carbonyl (C=O) groups is 1. The highest BCUT2D eigenvalue weighted by molar-refractivity contribution is 5.93. The first-order valence-corrected chi connectivity index (χ1v) is 3.11. The highest BCUT2D eigenvalue weighted by Crippen LogP contribution is 1.96. The molecule has 0 aliphatic rings. The van der Waals surface area contributed by atoms with Crippen LogP contribution in [0, 0.1) is 7.11 Å². The lowest BCUT2D eigenvalue weighted by atomic mass is 10.2. The summed E-state index contributed by atoms with van der Waals surface area (Å²) in [6.07, 6.45) is 0. The van der Waals surface area contributed by atoms with Crippen molar-refractivity contribution in [3.63, 3.8) is 0 Å². The molecule has 0 heterocycles. The van der Waals surface area contributed by atoms with Crippen LogP contribution in [0.25, 0.3) is 0 Å². The molecule has 0 spiro atoms. The highest BCUT2D eigenvalue weighted by atomic mass is 16.6. The number of hydrogen-bond acceptors (Lipinski definition) is 2. The third-order valence-corrected chi connectivity index (χ3v) is 1.20.